The van der Waals surface area contributed by atoms with Crippen molar-refractivity contribution < 1.29 is 13.5 Å². The number of halogens is 2. The van der Waals surface area contributed by atoms with E-state index in [1.807, 2.05) is 61.5 Å². The first-order chi connectivity index (χ1) is 14.6. The molecule has 4 aromatic carbocycles. The second-order valence-corrected chi connectivity index (χ2v) is 7.30. The highest BCUT2D eigenvalue weighted by atomic mass is 19.1. The molecule has 2 nitrogen and oxygen atoms in total. The van der Waals surface area contributed by atoms with Gasteiger partial charge in [-0.1, -0.05) is 60.7 Å². The summed E-state index contributed by atoms with van der Waals surface area (Å²) < 4.78 is 33.7. The van der Waals surface area contributed by atoms with Gasteiger partial charge in [0, 0.05) is 11.4 Å². The zero-order chi connectivity index (χ0) is 20.9. The highest BCUT2D eigenvalue weighted by Crippen LogP contribution is 2.28. The van der Waals surface area contributed by atoms with Gasteiger partial charge < -0.3 is 10.1 Å². The third-order valence-electron chi connectivity index (χ3n) is 5.25. The third kappa shape index (κ3) is 4.50. The van der Waals surface area contributed by atoms with Crippen LogP contribution in [0.4, 0.5) is 8.78 Å². The van der Waals surface area contributed by atoms with E-state index >= 15 is 0 Å². The molecule has 2 unspecified atom stereocenters. The van der Waals surface area contributed by atoms with Crippen molar-refractivity contribution in [1.29, 1.82) is 0 Å². The van der Waals surface area contributed by atoms with Gasteiger partial charge in [-0.3, -0.25) is 0 Å². The molecule has 4 aromatic rings. The van der Waals surface area contributed by atoms with Gasteiger partial charge in [-0.2, -0.15) is 0 Å². The maximum Gasteiger partial charge on any atom is 0.131 e. The molecule has 0 radical (unpaired) electrons. The van der Waals surface area contributed by atoms with Crippen molar-refractivity contribution >= 4 is 10.8 Å². The van der Waals surface area contributed by atoms with E-state index < -0.39 is 0 Å². The minimum atomic E-state index is -0.279. The zero-order valence-corrected chi connectivity index (χ0v) is 16.7. The topological polar surface area (TPSA) is 21.3 Å². The van der Waals surface area contributed by atoms with Crippen molar-refractivity contribution in [3.05, 3.63) is 114 Å². The van der Waals surface area contributed by atoms with Crippen LogP contribution in [-0.2, 0) is 0 Å². The third-order valence-corrected chi connectivity index (χ3v) is 5.25. The van der Waals surface area contributed by atoms with Gasteiger partial charge in [0.2, 0.25) is 0 Å². The number of benzene rings is 4. The first kappa shape index (κ1) is 20.0. The fraction of sp³-hybridized carbons (Fsp3) is 0.154. The van der Waals surface area contributed by atoms with Gasteiger partial charge in [-0.05, 0) is 53.8 Å². The lowest BCUT2D eigenvalue weighted by Crippen LogP contribution is -2.29. The maximum atomic E-state index is 14.2. The van der Waals surface area contributed by atoms with Gasteiger partial charge in [0.05, 0.1) is 6.04 Å². The van der Waals surface area contributed by atoms with E-state index in [9.17, 15) is 8.78 Å². The lowest BCUT2D eigenvalue weighted by Gasteiger charge is -2.25. The van der Waals surface area contributed by atoms with Crippen LogP contribution in [0.5, 0.6) is 5.75 Å². The van der Waals surface area contributed by atoms with Gasteiger partial charge in [0.25, 0.3) is 0 Å². The Morgan fingerprint density at radius 2 is 1.43 bits per heavy atom. The molecular formula is C26H23F2NO. The van der Waals surface area contributed by atoms with Crippen molar-refractivity contribution in [2.45, 2.75) is 19.0 Å². The molecule has 0 fully saturated rings. The first-order valence-electron chi connectivity index (χ1n) is 9.98. The smallest absolute Gasteiger partial charge is 0.131 e. The van der Waals surface area contributed by atoms with Crippen LogP contribution in [0.25, 0.3) is 10.8 Å². The quantitative estimate of drug-likeness (QED) is 0.376. The van der Waals surface area contributed by atoms with Crippen LogP contribution >= 0.6 is 0 Å². The summed E-state index contributed by atoms with van der Waals surface area (Å²) in [5.74, 6) is 0.259. The second-order valence-electron chi connectivity index (χ2n) is 7.30. The number of para-hydroxylation sites is 1. The van der Waals surface area contributed by atoms with E-state index in [-0.39, 0.29) is 23.7 Å². The summed E-state index contributed by atoms with van der Waals surface area (Å²) in [6.07, 6.45) is 0. The van der Waals surface area contributed by atoms with Crippen molar-refractivity contribution in [2.24, 2.45) is 0 Å². The van der Waals surface area contributed by atoms with Gasteiger partial charge in [-0.25, -0.2) is 8.78 Å². The molecule has 0 bridgehead atoms. The molecule has 0 saturated heterocycles. The number of hydrogen-bond acceptors (Lipinski definition) is 2. The number of hydrogen-bond donors (Lipinski definition) is 1. The molecule has 0 aromatic heterocycles. The van der Waals surface area contributed by atoms with Crippen LogP contribution in [0.1, 0.15) is 30.1 Å². The zero-order valence-electron chi connectivity index (χ0n) is 16.7. The van der Waals surface area contributed by atoms with Crippen molar-refractivity contribution in [3.8, 4) is 5.75 Å². The first-order valence-corrected chi connectivity index (χ1v) is 9.98. The summed E-state index contributed by atoms with van der Waals surface area (Å²) in [4.78, 5) is 0. The fourth-order valence-electron chi connectivity index (χ4n) is 3.69. The molecular weight excluding hydrogens is 380 g/mol. The van der Waals surface area contributed by atoms with E-state index in [1.54, 1.807) is 18.2 Å². The van der Waals surface area contributed by atoms with Crippen molar-refractivity contribution in [1.82, 2.24) is 5.32 Å². The van der Waals surface area contributed by atoms with E-state index in [4.69, 9.17) is 4.74 Å². The highest BCUT2D eigenvalue weighted by Gasteiger charge is 2.19. The average molecular weight is 403 g/mol. The van der Waals surface area contributed by atoms with E-state index in [0.29, 0.717) is 12.0 Å². The largest absolute Gasteiger partial charge is 0.492 e. The summed E-state index contributed by atoms with van der Waals surface area (Å²) in [5.41, 5.74) is 1.92. The molecule has 0 aliphatic carbocycles. The Hall–Kier alpha value is -3.24. The molecule has 0 aliphatic heterocycles. The van der Waals surface area contributed by atoms with Crippen LogP contribution in [-0.4, -0.2) is 6.61 Å². The predicted octanol–water partition coefficient (Wildman–Crippen LogP) is 6.59. The van der Waals surface area contributed by atoms with Crippen molar-refractivity contribution in [3.63, 3.8) is 0 Å². The van der Waals surface area contributed by atoms with E-state index in [0.717, 1.165) is 22.3 Å². The summed E-state index contributed by atoms with van der Waals surface area (Å²) in [7, 11) is 0. The SMILES string of the molecule is CC(NC(COc1ccccc1)c1ccc(F)cc1)c1ccc(F)c2ccccc12. The summed E-state index contributed by atoms with van der Waals surface area (Å²) >= 11 is 0. The summed E-state index contributed by atoms with van der Waals surface area (Å²) in [6.45, 7) is 2.41. The molecule has 4 heteroatoms. The number of fused-ring (bicyclic) bond motifs is 1. The number of rotatable bonds is 7. The van der Waals surface area contributed by atoms with E-state index in [2.05, 4.69) is 5.32 Å². The Morgan fingerprint density at radius 3 is 2.17 bits per heavy atom. The average Bonchev–Trinajstić information content (AvgIpc) is 2.78. The molecule has 0 heterocycles. The Bertz CT molecular complexity index is 1110. The monoisotopic (exact) mass is 403 g/mol. The van der Waals surface area contributed by atoms with Crippen LogP contribution < -0.4 is 10.1 Å². The minimum Gasteiger partial charge on any atom is -0.492 e. The number of nitrogens with one attached hydrogen (secondary N) is 1. The van der Waals surface area contributed by atoms with Crippen LogP contribution in [0, 0.1) is 11.6 Å². The summed E-state index contributed by atoms with van der Waals surface area (Å²) in [5, 5.41) is 5.05. The summed E-state index contributed by atoms with van der Waals surface area (Å²) in [6, 6.07) is 26.5. The Labute approximate surface area is 175 Å². The van der Waals surface area contributed by atoms with Gasteiger partial charge in [0.15, 0.2) is 0 Å². The van der Waals surface area contributed by atoms with Crippen LogP contribution in [0.3, 0.4) is 0 Å². The fourth-order valence-corrected chi connectivity index (χ4v) is 3.69. The number of ether oxygens (including phenoxy) is 1. The highest BCUT2D eigenvalue weighted by molar-refractivity contribution is 5.86. The molecule has 152 valence electrons. The molecule has 0 aliphatic rings. The molecule has 4 rings (SSSR count). The Morgan fingerprint density at radius 1 is 0.767 bits per heavy atom. The molecule has 30 heavy (non-hydrogen) atoms. The van der Waals surface area contributed by atoms with Crippen LogP contribution in [0.2, 0.25) is 0 Å². The standard InChI is InChI=1S/C26H23F2NO/c1-18(22-15-16-25(28)24-10-6-5-9-23(22)24)29-26(19-11-13-20(27)14-12-19)17-30-21-7-3-2-4-8-21/h2-16,18,26,29H,17H2,1H3. The second kappa shape index (κ2) is 9.06. The lowest BCUT2D eigenvalue weighted by molar-refractivity contribution is 0.256. The Kier molecular flexibility index (Phi) is 6.05. The van der Waals surface area contributed by atoms with Gasteiger partial charge in [-0.15, -0.1) is 0 Å². The van der Waals surface area contributed by atoms with Gasteiger partial charge in [0.1, 0.15) is 24.0 Å². The molecule has 0 amide bonds. The van der Waals surface area contributed by atoms with Crippen molar-refractivity contribution in [2.75, 3.05) is 6.61 Å². The minimum absolute atomic E-state index is 0.0788. The predicted molar refractivity (Wildman–Crippen MR) is 117 cm³/mol. The van der Waals surface area contributed by atoms with E-state index in [1.165, 1.54) is 18.2 Å². The van der Waals surface area contributed by atoms with Gasteiger partial charge >= 0.3 is 0 Å². The Balaban J connectivity index is 1.61. The molecule has 0 saturated carbocycles. The lowest BCUT2D eigenvalue weighted by atomic mass is 9.97. The maximum absolute atomic E-state index is 14.2. The normalized spacial score (nSPS) is 13.2. The van der Waals surface area contributed by atoms with Crippen LogP contribution in [0.15, 0.2) is 91.0 Å². The molecule has 0 spiro atoms. The molecule has 2 atom stereocenters. The molecule has 1 N–H and O–H groups in total.